The van der Waals surface area contributed by atoms with Crippen LogP contribution in [-0.4, -0.2) is 44.4 Å². The highest BCUT2D eigenvalue weighted by Crippen LogP contribution is 2.33. The molecule has 8 heteroatoms. The first-order chi connectivity index (χ1) is 16.8. The summed E-state index contributed by atoms with van der Waals surface area (Å²) in [7, 11) is 1.54. The van der Waals surface area contributed by atoms with E-state index in [1.807, 2.05) is 79.9 Å². The van der Waals surface area contributed by atoms with Crippen molar-refractivity contribution in [3.8, 4) is 23.1 Å². The minimum absolute atomic E-state index is 0.154. The van der Waals surface area contributed by atoms with Crippen molar-refractivity contribution < 1.29 is 14.3 Å². The Balaban J connectivity index is 1.58. The number of ether oxygens (including phenoxy) is 2. The number of imidazole rings is 1. The molecule has 1 aliphatic carbocycles. The van der Waals surface area contributed by atoms with Crippen molar-refractivity contribution in [1.29, 1.82) is 0 Å². The number of carbonyl (C=O) groups excluding carboxylic acids is 1. The Morgan fingerprint density at radius 1 is 1.03 bits per heavy atom. The first kappa shape index (κ1) is 22.8. The van der Waals surface area contributed by atoms with Crippen LogP contribution < -0.4 is 9.64 Å². The summed E-state index contributed by atoms with van der Waals surface area (Å²) in [5.41, 5.74) is 3.39. The summed E-state index contributed by atoms with van der Waals surface area (Å²) < 4.78 is 13.0. The van der Waals surface area contributed by atoms with Gasteiger partial charge in [-0.15, -0.1) is 0 Å². The van der Waals surface area contributed by atoms with Crippen LogP contribution in [0.2, 0.25) is 0 Å². The molecule has 0 saturated heterocycles. The summed E-state index contributed by atoms with van der Waals surface area (Å²) >= 11 is 0. The molecule has 0 aliphatic heterocycles. The van der Waals surface area contributed by atoms with Gasteiger partial charge in [-0.1, -0.05) is 30.3 Å². The number of nitrogens with zero attached hydrogens (tertiary/aromatic N) is 5. The summed E-state index contributed by atoms with van der Waals surface area (Å²) in [5.74, 6) is 0.749. The normalized spacial score (nSPS) is 13.9. The molecule has 1 aliphatic rings. The summed E-state index contributed by atoms with van der Waals surface area (Å²) in [6.45, 7) is 5.66. The standard InChI is InChI=1S/C27H29N5O3/c1-27(2,3)35-26(33)31(19-11-8-12-19)20-13-15-21(16-14-20)32-23(18-9-6-5-7-10-18)29-22-17-28-25(34-4)30-24(22)32/h5-7,9-10,13-17,19H,8,11-12H2,1-4H3. The number of anilines is 1. The Morgan fingerprint density at radius 2 is 1.74 bits per heavy atom. The molecule has 1 fully saturated rings. The van der Waals surface area contributed by atoms with Gasteiger partial charge in [0.15, 0.2) is 5.65 Å². The molecular weight excluding hydrogens is 442 g/mol. The topological polar surface area (TPSA) is 82.4 Å². The molecule has 180 valence electrons. The van der Waals surface area contributed by atoms with Crippen LogP contribution in [0.3, 0.4) is 0 Å². The molecule has 2 aromatic heterocycles. The first-order valence-electron chi connectivity index (χ1n) is 11.8. The van der Waals surface area contributed by atoms with Gasteiger partial charge in [-0.05, 0) is 64.3 Å². The van der Waals surface area contributed by atoms with Crippen molar-refractivity contribution >= 4 is 22.9 Å². The molecule has 2 aromatic carbocycles. The predicted octanol–water partition coefficient (Wildman–Crippen LogP) is 5.79. The van der Waals surface area contributed by atoms with Crippen LogP contribution in [0, 0.1) is 0 Å². The smallest absolute Gasteiger partial charge is 0.415 e. The molecule has 0 N–H and O–H groups in total. The van der Waals surface area contributed by atoms with Crippen LogP contribution in [0.15, 0.2) is 60.8 Å². The van der Waals surface area contributed by atoms with Crippen molar-refractivity contribution in [1.82, 2.24) is 19.5 Å². The fourth-order valence-electron chi connectivity index (χ4n) is 4.17. The SMILES string of the molecule is COc1ncc2nc(-c3ccccc3)n(-c3ccc(N(C(=O)OC(C)(C)C)C4CCC4)cc3)c2n1. The van der Waals surface area contributed by atoms with Crippen LogP contribution in [-0.2, 0) is 4.74 Å². The van der Waals surface area contributed by atoms with E-state index in [-0.39, 0.29) is 18.1 Å². The lowest BCUT2D eigenvalue weighted by atomic mass is 9.91. The van der Waals surface area contributed by atoms with Crippen molar-refractivity contribution in [2.45, 2.75) is 51.7 Å². The predicted molar refractivity (Wildman–Crippen MR) is 135 cm³/mol. The van der Waals surface area contributed by atoms with Gasteiger partial charge in [-0.25, -0.2) is 14.8 Å². The minimum Gasteiger partial charge on any atom is -0.467 e. The molecule has 0 atom stereocenters. The second kappa shape index (κ2) is 9.02. The fourth-order valence-corrected chi connectivity index (χ4v) is 4.17. The monoisotopic (exact) mass is 471 g/mol. The zero-order valence-corrected chi connectivity index (χ0v) is 20.4. The highest BCUT2D eigenvalue weighted by molar-refractivity contribution is 5.89. The van der Waals surface area contributed by atoms with Gasteiger partial charge < -0.3 is 9.47 Å². The van der Waals surface area contributed by atoms with E-state index in [1.165, 1.54) is 0 Å². The number of methoxy groups -OCH3 is 1. The third-order valence-electron chi connectivity index (χ3n) is 6.01. The molecule has 1 saturated carbocycles. The van der Waals surface area contributed by atoms with Gasteiger partial charge >= 0.3 is 12.1 Å². The average Bonchev–Trinajstić information content (AvgIpc) is 3.19. The minimum atomic E-state index is -0.557. The van der Waals surface area contributed by atoms with E-state index in [2.05, 4.69) is 9.97 Å². The Kier molecular flexibility index (Phi) is 5.88. The molecule has 0 bridgehead atoms. The number of benzene rings is 2. The van der Waals surface area contributed by atoms with Crippen molar-refractivity contribution in [3.05, 3.63) is 60.8 Å². The van der Waals surface area contributed by atoms with E-state index in [4.69, 9.17) is 14.5 Å². The van der Waals surface area contributed by atoms with E-state index in [0.717, 1.165) is 42.0 Å². The zero-order chi connectivity index (χ0) is 24.6. The Labute approximate surface area is 204 Å². The van der Waals surface area contributed by atoms with Crippen molar-refractivity contribution in [2.24, 2.45) is 0 Å². The Bertz CT molecular complexity index is 1340. The Morgan fingerprint density at radius 3 is 2.34 bits per heavy atom. The molecule has 0 radical (unpaired) electrons. The van der Waals surface area contributed by atoms with Crippen LogP contribution in [0.4, 0.5) is 10.5 Å². The number of aromatic nitrogens is 4. The highest BCUT2D eigenvalue weighted by Gasteiger charge is 2.33. The molecule has 1 amide bonds. The lowest BCUT2D eigenvalue weighted by Gasteiger charge is -2.38. The van der Waals surface area contributed by atoms with Gasteiger partial charge in [-0.2, -0.15) is 4.98 Å². The largest absolute Gasteiger partial charge is 0.467 e. The van der Waals surface area contributed by atoms with E-state index in [0.29, 0.717) is 11.2 Å². The maximum absolute atomic E-state index is 13.0. The van der Waals surface area contributed by atoms with Gasteiger partial charge in [0.25, 0.3) is 0 Å². The maximum atomic E-state index is 13.0. The number of hydrogen-bond donors (Lipinski definition) is 0. The van der Waals surface area contributed by atoms with E-state index < -0.39 is 5.60 Å². The average molecular weight is 472 g/mol. The molecule has 35 heavy (non-hydrogen) atoms. The Hall–Kier alpha value is -3.94. The third-order valence-corrected chi connectivity index (χ3v) is 6.01. The third kappa shape index (κ3) is 4.56. The maximum Gasteiger partial charge on any atom is 0.415 e. The molecule has 5 rings (SSSR count). The van der Waals surface area contributed by atoms with Crippen molar-refractivity contribution in [2.75, 3.05) is 12.0 Å². The number of hydrogen-bond acceptors (Lipinski definition) is 6. The lowest BCUT2D eigenvalue weighted by molar-refractivity contribution is 0.0549. The van der Waals surface area contributed by atoms with E-state index in [1.54, 1.807) is 18.2 Å². The molecule has 8 nitrogen and oxygen atoms in total. The van der Waals surface area contributed by atoms with Gasteiger partial charge in [0.1, 0.15) is 16.9 Å². The molecule has 0 unspecified atom stereocenters. The molecule has 4 aromatic rings. The molecule has 0 spiro atoms. The number of rotatable bonds is 5. The van der Waals surface area contributed by atoms with Crippen LogP contribution in [0.1, 0.15) is 40.0 Å². The lowest BCUT2D eigenvalue weighted by Crippen LogP contribution is -2.46. The van der Waals surface area contributed by atoms with Gasteiger partial charge in [0, 0.05) is 23.0 Å². The van der Waals surface area contributed by atoms with Crippen LogP contribution >= 0.6 is 0 Å². The van der Waals surface area contributed by atoms with Gasteiger partial charge in [-0.3, -0.25) is 9.47 Å². The van der Waals surface area contributed by atoms with Gasteiger partial charge in [0.05, 0.1) is 13.3 Å². The van der Waals surface area contributed by atoms with Crippen LogP contribution in [0.25, 0.3) is 28.2 Å². The van der Waals surface area contributed by atoms with Crippen molar-refractivity contribution in [3.63, 3.8) is 0 Å². The second-order valence-corrected chi connectivity index (χ2v) is 9.65. The number of carbonyl (C=O) groups is 1. The van der Waals surface area contributed by atoms with Gasteiger partial charge in [0.2, 0.25) is 0 Å². The summed E-state index contributed by atoms with van der Waals surface area (Å²) in [6.07, 6.45) is 4.42. The highest BCUT2D eigenvalue weighted by atomic mass is 16.6. The second-order valence-electron chi connectivity index (χ2n) is 9.65. The summed E-state index contributed by atoms with van der Waals surface area (Å²) in [4.78, 5) is 28.4. The summed E-state index contributed by atoms with van der Waals surface area (Å²) in [6, 6.07) is 18.2. The van der Waals surface area contributed by atoms with Crippen LogP contribution in [0.5, 0.6) is 6.01 Å². The van der Waals surface area contributed by atoms with E-state index >= 15 is 0 Å². The zero-order valence-electron chi connectivity index (χ0n) is 20.4. The number of amides is 1. The fraction of sp³-hybridized carbons (Fsp3) is 0.333. The van der Waals surface area contributed by atoms with E-state index in [9.17, 15) is 4.79 Å². The quantitative estimate of drug-likeness (QED) is 0.367. The summed E-state index contributed by atoms with van der Waals surface area (Å²) in [5, 5.41) is 0. The molecule has 2 heterocycles. The number of fused-ring (bicyclic) bond motifs is 1. The first-order valence-corrected chi connectivity index (χ1v) is 11.8. The molecular formula is C27H29N5O3.